The van der Waals surface area contributed by atoms with Crippen LogP contribution in [0.5, 0.6) is 0 Å². The van der Waals surface area contributed by atoms with Crippen molar-refractivity contribution in [3.63, 3.8) is 0 Å². The van der Waals surface area contributed by atoms with E-state index in [9.17, 15) is 5.26 Å². The van der Waals surface area contributed by atoms with Crippen molar-refractivity contribution in [2.24, 2.45) is 7.05 Å². The molecule has 0 fully saturated rings. The van der Waals surface area contributed by atoms with Crippen molar-refractivity contribution < 1.29 is 0 Å². The van der Waals surface area contributed by atoms with Crippen LogP contribution in [-0.2, 0) is 7.05 Å². The summed E-state index contributed by atoms with van der Waals surface area (Å²) in [7, 11) is 1.94. The molecule has 3 aromatic rings. The van der Waals surface area contributed by atoms with E-state index in [1.807, 2.05) is 29.8 Å². The summed E-state index contributed by atoms with van der Waals surface area (Å²) in [5.41, 5.74) is 2.77. The summed E-state index contributed by atoms with van der Waals surface area (Å²) in [5.74, 6) is 0.0490. The molecular formula is C14H11N5. The molecule has 0 saturated heterocycles. The highest BCUT2D eigenvalue weighted by molar-refractivity contribution is 5.76. The maximum atomic E-state index is 9.35. The zero-order chi connectivity index (χ0) is 13.2. The van der Waals surface area contributed by atoms with Gasteiger partial charge in [-0.3, -0.25) is 0 Å². The molecule has 0 radical (unpaired) electrons. The summed E-state index contributed by atoms with van der Waals surface area (Å²) >= 11 is 0. The van der Waals surface area contributed by atoms with E-state index in [0.717, 1.165) is 16.6 Å². The van der Waals surface area contributed by atoms with Gasteiger partial charge in [-0.2, -0.15) is 5.26 Å². The molecule has 3 rings (SSSR count). The van der Waals surface area contributed by atoms with Crippen LogP contribution in [0, 0.1) is 11.3 Å². The summed E-state index contributed by atoms with van der Waals surface area (Å²) in [6, 6.07) is 9.79. The summed E-state index contributed by atoms with van der Waals surface area (Å²) in [6.45, 7) is 0. The minimum Gasteiger partial charge on any atom is -0.334 e. The number of aromatic nitrogens is 4. The summed E-state index contributed by atoms with van der Waals surface area (Å²) in [5, 5.41) is 9.35. The third-order valence-corrected chi connectivity index (χ3v) is 3.06. The van der Waals surface area contributed by atoms with Crippen LogP contribution in [0.1, 0.15) is 17.3 Å². The Hall–Kier alpha value is -2.74. The van der Waals surface area contributed by atoms with Gasteiger partial charge in [0.25, 0.3) is 0 Å². The van der Waals surface area contributed by atoms with Crippen LogP contribution in [-0.4, -0.2) is 19.5 Å². The molecule has 0 saturated carbocycles. The molecule has 0 amide bonds. The molecule has 0 aliphatic carbocycles. The number of rotatable bonds is 2. The Morgan fingerprint density at radius 3 is 2.74 bits per heavy atom. The van der Waals surface area contributed by atoms with E-state index in [1.54, 1.807) is 24.8 Å². The molecule has 19 heavy (non-hydrogen) atoms. The number of hydrogen-bond acceptors (Lipinski definition) is 4. The predicted octanol–water partition coefficient (Wildman–Crippen LogP) is 2.02. The van der Waals surface area contributed by atoms with Crippen LogP contribution in [0.3, 0.4) is 0 Å². The van der Waals surface area contributed by atoms with Crippen LogP contribution in [0.25, 0.3) is 11.0 Å². The molecular weight excluding hydrogens is 238 g/mol. The van der Waals surface area contributed by atoms with Crippen molar-refractivity contribution in [2.75, 3.05) is 0 Å². The van der Waals surface area contributed by atoms with Gasteiger partial charge >= 0.3 is 0 Å². The third kappa shape index (κ3) is 1.93. The second kappa shape index (κ2) is 4.50. The second-order valence-corrected chi connectivity index (χ2v) is 4.27. The maximum absolute atomic E-state index is 9.35. The van der Waals surface area contributed by atoms with Gasteiger partial charge in [0.2, 0.25) is 0 Å². The largest absolute Gasteiger partial charge is 0.334 e. The number of hydrogen-bond donors (Lipinski definition) is 0. The SMILES string of the molecule is Cn1cnc2cc(C(C#N)c3ncccn3)ccc21. The Morgan fingerprint density at radius 1 is 1.21 bits per heavy atom. The van der Waals surface area contributed by atoms with Crippen molar-refractivity contribution in [1.82, 2.24) is 19.5 Å². The molecule has 0 N–H and O–H groups in total. The molecule has 0 aliphatic rings. The molecule has 0 spiro atoms. The topological polar surface area (TPSA) is 67.4 Å². The van der Waals surface area contributed by atoms with E-state index in [-0.39, 0.29) is 0 Å². The fourth-order valence-corrected chi connectivity index (χ4v) is 2.07. The van der Waals surface area contributed by atoms with E-state index in [0.29, 0.717) is 5.82 Å². The fourth-order valence-electron chi connectivity index (χ4n) is 2.07. The van der Waals surface area contributed by atoms with Crippen molar-refractivity contribution in [3.8, 4) is 6.07 Å². The van der Waals surface area contributed by atoms with Crippen LogP contribution < -0.4 is 0 Å². The summed E-state index contributed by atoms with van der Waals surface area (Å²) in [4.78, 5) is 12.6. The van der Waals surface area contributed by atoms with Gasteiger partial charge < -0.3 is 4.57 Å². The first-order valence-corrected chi connectivity index (χ1v) is 5.87. The molecule has 2 heterocycles. The molecule has 5 nitrogen and oxygen atoms in total. The lowest BCUT2D eigenvalue weighted by atomic mass is 9.99. The normalized spacial score (nSPS) is 12.2. The van der Waals surface area contributed by atoms with Crippen molar-refractivity contribution >= 4 is 11.0 Å². The van der Waals surface area contributed by atoms with E-state index in [4.69, 9.17) is 0 Å². The number of nitriles is 1. The Bertz CT molecular complexity index is 754. The van der Waals surface area contributed by atoms with Crippen LogP contribution in [0.2, 0.25) is 0 Å². The lowest BCUT2D eigenvalue weighted by molar-refractivity contribution is 0.891. The molecule has 2 aromatic heterocycles. The number of fused-ring (bicyclic) bond motifs is 1. The monoisotopic (exact) mass is 249 g/mol. The van der Waals surface area contributed by atoms with E-state index in [1.165, 1.54) is 0 Å². The fraction of sp³-hybridized carbons (Fsp3) is 0.143. The first kappa shape index (κ1) is 11.4. The number of aryl methyl sites for hydroxylation is 1. The van der Waals surface area contributed by atoms with Gasteiger partial charge in [0.05, 0.1) is 23.4 Å². The second-order valence-electron chi connectivity index (χ2n) is 4.27. The van der Waals surface area contributed by atoms with Gasteiger partial charge in [-0.1, -0.05) is 6.07 Å². The number of benzene rings is 1. The van der Waals surface area contributed by atoms with Gasteiger partial charge in [-0.15, -0.1) is 0 Å². The number of imidazole rings is 1. The van der Waals surface area contributed by atoms with Crippen molar-refractivity contribution in [2.45, 2.75) is 5.92 Å². The highest BCUT2D eigenvalue weighted by Crippen LogP contribution is 2.24. The quantitative estimate of drug-likeness (QED) is 0.696. The van der Waals surface area contributed by atoms with Gasteiger partial charge in [0.15, 0.2) is 0 Å². The first-order chi connectivity index (χ1) is 9.29. The van der Waals surface area contributed by atoms with Gasteiger partial charge in [-0.25, -0.2) is 15.0 Å². The minimum absolute atomic E-state index is 0.465. The summed E-state index contributed by atoms with van der Waals surface area (Å²) in [6.07, 6.45) is 5.05. The molecule has 1 unspecified atom stereocenters. The van der Waals surface area contributed by atoms with Crippen LogP contribution >= 0.6 is 0 Å². The zero-order valence-electron chi connectivity index (χ0n) is 10.4. The van der Waals surface area contributed by atoms with Gasteiger partial charge in [0.1, 0.15) is 11.7 Å². The predicted molar refractivity (Wildman–Crippen MR) is 70.2 cm³/mol. The summed E-state index contributed by atoms with van der Waals surface area (Å²) < 4.78 is 1.94. The molecule has 0 bridgehead atoms. The third-order valence-electron chi connectivity index (χ3n) is 3.06. The molecule has 5 heteroatoms. The molecule has 1 atom stereocenters. The van der Waals surface area contributed by atoms with E-state index in [2.05, 4.69) is 21.0 Å². The molecule has 92 valence electrons. The molecule has 0 aliphatic heterocycles. The van der Waals surface area contributed by atoms with Crippen molar-refractivity contribution in [1.29, 1.82) is 5.26 Å². The average molecular weight is 249 g/mol. The average Bonchev–Trinajstić information content (AvgIpc) is 2.82. The number of nitrogens with zero attached hydrogens (tertiary/aromatic N) is 5. The first-order valence-electron chi connectivity index (χ1n) is 5.87. The highest BCUT2D eigenvalue weighted by Gasteiger charge is 2.16. The van der Waals surface area contributed by atoms with Crippen molar-refractivity contribution in [3.05, 3.63) is 54.4 Å². The van der Waals surface area contributed by atoms with E-state index < -0.39 is 5.92 Å². The van der Waals surface area contributed by atoms with E-state index >= 15 is 0 Å². The Balaban J connectivity index is 2.10. The van der Waals surface area contributed by atoms with Gasteiger partial charge in [-0.05, 0) is 23.8 Å². The van der Waals surface area contributed by atoms with Gasteiger partial charge in [0, 0.05) is 19.4 Å². The Morgan fingerprint density at radius 2 is 2.00 bits per heavy atom. The van der Waals surface area contributed by atoms with Crippen LogP contribution in [0.15, 0.2) is 43.0 Å². The molecule has 1 aromatic carbocycles. The Labute approximate surface area is 110 Å². The smallest absolute Gasteiger partial charge is 0.149 e. The maximum Gasteiger partial charge on any atom is 0.149 e. The zero-order valence-corrected chi connectivity index (χ0v) is 10.4. The Kier molecular flexibility index (Phi) is 2.69. The highest BCUT2D eigenvalue weighted by atomic mass is 15.0. The lowest BCUT2D eigenvalue weighted by Gasteiger charge is -2.07. The minimum atomic E-state index is -0.465. The van der Waals surface area contributed by atoms with Crippen LogP contribution in [0.4, 0.5) is 0 Å². The lowest BCUT2D eigenvalue weighted by Crippen LogP contribution is -2.03. The standard InChI is InChI=1S/C14H11N5/c1-19-9-18-12-7-10(3-4-13(12)19)11(8-15)14-16-5-2-6-17-14/h2-7,9,11H,1H3.